The van der Waals surface area contributed by atoms with E-state index in [4.69, 9.17) is 0 Å². The van der Waals surface area contributed by atoms with E-state index in [9.17, 15) is 4.79 Å². The molecule has 0 radical (unpaired) electrons. The minimum absolute atomic E-state index is 0.127. The molecule has 0 heterocycles. The summed E-state index contributed by atoms with van der Waals surface area (Å²) in [5.41, 5.74) is 8.04. The van der Waals surface area contributed by atoms with Crippen molar-refractivity contribution in [3.8, 4) is 0 Å². The smallest absolute Gasteiger partial charge is 0.170 e. The number of anilines is 1. The number of nitrogens with zero attached hydrogens (tertiary/aromatic N) is 5. The van der Waals surface area contributed by atoms with E-state index in [0.717, 1.165) is 55.4 Å². The van der Waals surface area contributed by atoms with Gasteiger partial charge in [0, 0.05) is 46.3 Å². The molecule has 0 saturated heterocycles. The number of ketones is 1. The maximum atomic E-state index is 12.8. The van der Waals surface area contributed by atoms with Crippen LogP contribution in [0.4, 0.5) is 22.7 Å². The summed E-state index contributed by atoms with van der Waals surface area (Å²) in [4.78, 5) is 12.8. The second-order valence-electron chi connectivity index (χ2n) is 9.40. The van der Waals surface area contributed by atoms with Gasteiger partial charge in [0.1, 0.15) is 0 Å². The number of nitrogens with one attached hydrogen (secondary N) is 1. The van der Waals surface area contributed by atoms with Crippen molar-refractivity contribution >= 4 is 62.4 Å². The van der Waals surface area contributed by atoms with Gasteiger partial charge in [0.15, 0.2) is 5.78 Å². The molecule has 0 bridgehead atoms. The fraction of sp³-hybridized carbons (Fsp3) is 0.0909. The Morgan fingerprint density at radius 3 is 2.12 bits per heavy atom. The highest BCUT2D eigenvalue weighted by Crippen LogP contribution is 2.36. The lowest BCUT2D eigenvalue weighted by Gasteiger charge is -2.16. The Balaban J connectivity index is 1.22. The largest absolute Gasteiger partial charge is 0.293 e. The number of rotatable bonds is 7. The van der Waals surface area contributed by atoms with Crippen LogP contribution in [0.2, 0.25) is 0 Å². The molecule has 0 fully saturated rings. The summed E-state index contributed by atoms with van der Waals surface area (Å²) in [5.74, 6) is -0.0861. The normalized spacial score (nSPS) is 15.1. The lowest BCUT2D eigenvalue weighted by Crippen LogP contribution is -2.17. The number of fused-ring (bicyclic) bond motifs is 3. The van der Waals surface area contributed by atoms with Gasteiger partial charge >= 0.3 is 0 Å². The van der Waals surface area contributed by atoms with Crippen molar-refractivity contribution < 1.29 is 4.79 Å². The predicted molar refractivity (Wildman–Crippen MR) is 163 cm³/mol. The maximum absolute atomic E-state index is 12.8. The van der Waals surface area contributed by atoms with Crippen molar-refractivity contribution in [1.82, 2.24) is 0 Å². The molecule has 5 aromatic carbocycles. The number of azo groups is 2. The summed E-state index contributed by atoms with van der Waals surface area (Å²) in [7, 11) is 1.66. The minimum Gasteiger partial charge on any atom is -0.293 e. The van der Waals surface area contributed by atoms with Crippen LogP contribution >= 0.6 is 0 Å². The van der Waals surface area contributed by atoms with E-state index < -0.39 is 0 Å². The van der Waals surface area contributed by atoms with Crippen molar-refractivity contribution in [3.05, 3.63) is 114 Å². The molecule has 1 atom stereocenters. The molecule has 7 heteroatoms. The van der Waals surface area contributed by atoms with Crippen molar-refractivity contribution in [2.75, 3.05) is 12.5 Å². The van der Waals surface area contributed by atoms with Crippen LogP contribution in [0.25, 0.3) is 27.6 Å². The molecule has 194 valence electrons. The Labute approximate surface area is 231 Å². The Kier molecular flexibility index (Phi) is 7.01. The van der Waals surface area contributed by atoms with Gasteiger partial charge in [0.2, 0.25) is 0 Å². The molecule has 0 saturated carbocycles. The van der Waals surface area contributed by atoms with Crippen molar-refractivity contribution in [1.29, 1.82) is 0 Å². The van der Waals surface area contributed by atoms with Crippen LogP contribution in [-0.2, 0) is 0 Å². The van der Waals surface area contributed by atoms with Gasteiger partial charge < -0.3 is 0 Å². The van der Waals surface area contributed by atoms with Crippen LogP contribution in [0.1, 0.15) is 22.3 Å². The Hall–Kier alpha value is -5.30. The number of hydrogen-bond acceptors (Lipinski definition) is 7. The first-order valence-electron chi connectivity index (χ1n) is 13.1. The van der Waals surface area contributed by atoms with Crippen molar-refractivity contribution in [2.45, 2.75) is 6.42 Å². The molecule has 1 N–H and O–H groups in total. The first kappa shape index (κ1) is 25.0. The number of benzene rings is 5. The molecular weight excluding hydrogens is 496 g/mol. The Morgan fingerprint density at radius 2 is 1.32 bits per heavy atom. The van der Waals surface area contributed by atoms with Crippen molar-refractivity contribution in [2.24, 2.45) is 31.5 Å². The number of hydrogen-bond donors (Lipinski definition) is 1. The Morgan fingerprint density at radius 1 is 0.700 bits per heavy atom. The molecule has 0 aromatic heterocycles. The minimum atomic E-state index is -0.213. The lowest BCUT2D eigenvalue weighted by atomic mass is 9.87. The zero-order chi connectivity index (χ0) is 27.3. The first-order chi connectivity index (χ1) is 19.7. The summed E-state index contributed by atoms with van der Waals surface area (Å²) in [6, 6.07) is 31.3. The summed E-state index contributed by atoms with van der Waals surface area (Å²) >= 11 is 0. The van der Waals surface area contributed by atoms with Crippen LogP contribution in [0.5, 0.6) is 0 Å². The fourth-order valence-corrected chi connectivity index (χ4v) is 4.98. The molecular formula is C33H26N6O. The predicted octanol–water partition coefficient (Wildman–Crippen LogP) is 9.44. The molecule has 1 unspecified atom stereocenters. The van der Waals surface area contributed by atoms with Crippen LogP contribution in [0.15, 0.2) is 129 Å². The fourth-order valence-electron chi connectivity index (χ4n) is 4.98. The number of hydrazone groups is 1. The van der Waals surface area contributed by atoms with E-state index in [1.54, 1.807) is 13.3 Å². The van der Waals surface area contributed by atoms with Gasteiger partial charge in [-0.15, -0.1) is 10.2 Å². The number of Topliss-reactive ketones (excluding diaryl/α,β-unsaturated/α-hetero) is 1. The zero-order valence-corrected chi connectivity index (χ0v) is 21.9. The summed E-state index contributed by atoms with van der Waals surface area (Å²) in [6.07, 6.45) is 6.25. The summed E-state index contributed by atoms with van der Waals surface area (Å²) in [5, 5.41) is 25.7. The quantitative estimate of drug-likeness (QED) is 0.131. The van der Waals surface area contributed by atoms with E-state index >= 15 is 0 Å². The van der Waals surface area contributed by atoms with Gasteiger partial charge in [0.05, 0.1) is 22.7 Å². The summed E-state index contributed by atoms with van der Waals surface area (Å²) < 4.78 is 0. The van der Waals surface area contributed by atoms with Gasteiger partial charge in [-0.1, -0.05) is 84.9 Å². The lowest BCUT2D eigenvalue weighted by molar-refractivity contribution is 0.0947. The summed E-state index contributed by atoms with van der Waals surface area (Å²) in [6.45, 7) is 0. The highest BCUT2D eigenvalue weighted by atomic mass is 16.1. The van der Waals surface area contributed by atoms with Crippen LogP contribution in [-0.4, -0.2) is 19.0 Å². The average molecular weight is 523 g/mol. The van der Waals surface area contributed by atoms with E-state index in [0.29, 0.717) is 6.42 Å². The van der Waals surface area contributed by atoms with Crippen LogP contribution in [0, 0.1) is 5.92 Å². The zero-order valence-electron chi connectivity index (χ0n) is 21.9. The third kappa shape index (κ3) is 4.92. The van der Waals surface area contributed by atoms with Crippen LogP contribution in [0.3, 0.4) is 0 Å². The van der Waals surface area contributed by atoms with Gasteiger partial charge in [0.25, 0.3) is 0 Å². The molecule has 1 aliphatic carbocycles. The highest BCUT2D eigenvalue weighted by Gasteiger charge is 2.22. The van der Waals surface area contributed by atoms with Gasteiger partial charge in [-0.25, -0.2) is 0 Å². The molecule has 5 aromatic rings. The first-order valence-corrected chi connectivity index (χ1v) is 13.1. The molecule has 6 rings (SSSR count). The SMILES string of the molecule is CN=Nc1ccc(N=Nc2cccc3c(N/N=C/CC4C=Cc5ccccc5C4=O)cccc23)c2ccccc12. The topological polar surface area (TPSA) is 90.9 Å². The molecule has 7 nitrogen and oxygen atoms in total. The third-order valence-electron chi connectivity index (χ3n) is 6.96. The van der Waals surface area contributed by atoms with Gasteiger partial charge in [-0.2, -0.15) is 15.3 Å². The number of carbonyl (C=O) groups excluding carboxylic acids is 1. The average Bonchev–Trinajstić information content (AvgIpc) is 3.00. The van der Waals surface area contributed by atoms with E-state index in [1.807, 2.05) is 109 Å². The highest BCUT2D eigenvalue weighted by molar-refractivity contribution is 6.05. The van der Waals surface area contributed by atoms with Gasteiger partial charge in [-0.05, 0) is 36.2 Å². The van der Waals surface area contributed by atoms with Crippen LogP contribution < -0.4 is 5.43 Å². The van der Waals surface area contributed by atoms with Gasteiger partial charge in [-0.3, -0.25) is 10.2 Å². The second kappa shape index (κ2) is 11.2. The van der Waals surface area contributed by atoms with E-state index in [-0.39, 0.29) is 11.7 Å². The van der Waals surface area contributed by atoms with Crippen molar-refractivity contribution in [3.63, 3.8) is 0 Å². The maximum Gasteiger partial charge on any atom is 0.170 e. The monoisotopic (exact) mass is 522 g/mol. The third-order valence-corrected chi connectivity index (χ3v) is 6.96. The molecule has 1 aliphatic rings. The van der Waals surface area contributed by atoms with E-state index in [2.05, 4.69) is 31.0 Å². The number of carbonyl (C=O) groups is 1. The Bertz CT molecular complexity index is 1850. The number of allylic oxidation sites excluding steroid dienone is 1. The molecule has 0 spiro atoms. The molecule has 0 aliphatic heterocycles. The van der Waals surface area contributed by atoms with E-state index in [1.165, 1.54) is 0 Å². The molecule has 0 amide bonds. The standard InChI is InChI=1S/C33H26N6O/c1-34-36-31-18-19-32(26-11-5-4-10-25(26)31)39-38-30-15-7-12-27-28(30)13-6-14-29(27)37-35-21-20-23-17-16-22-8-2-3-9-24(22)33(23)40/h2-19,21,23,37H,20H2,1H3/b35-21+,36-34?,39-38?. The second-order valence-corrected chi connectivity index (χ2v) is 9.40. The molecule has 40 heavy (non-hydrogen) atoms.